The molecule has 11 heteroatoms. The minimum absolute atomic E-state index is 0.0138. The number of amides is 3. The van der Waals surface area contributed by atoms with E-state index in [9.17, 15) is 22.8 Å². The summed E-state index contributed by atoms with van der Waals surface area (Å²) in [4.78, 5) is 42.1. The van der Waals surface area contributed by atoms with Gasteiger partial charge in [0, 0.05) is 61.7 Å². The van der Waals surface area contributed by atoms with Gasteiger partial charge in [-0.1, -0.05) is 30.3 Å². The first-order chi connectivity index (χ1) is 23.3. The second-order valence-corrected chi connectivity index (χ2v) is 14.2. The van der Waals surface area contributed by atoms with E-state index >= 15 is 0 Å². The fourth-order valence-corrected chi connectivity index (χ4v) is 7.49. The Morgan fingerprint density at radius 2 is 1.38 bits per heavy atom. The van der Waals surface area contributed by atoms with Crippen LogP contribution < -0.4 is 9.46 Å². The monoisotopic (exact) mass is 670 g/mol. The number of rotatable bonds is 13. The molecule has 2 aliphatic rings. The number of ether oxygens (including phenoxy) is 1. The van der Waals surface area contributed by atoms with Crippen LogP contribution in [0.4, 0.5) is 0 Å². The molecule has 0 spiro atoms. The molecule has 0 aliphatic carbocycles. The van der Waals surface area contributed by atoms with Gasteiger partial charge in [0.05, 0.1) is 11.4 Å². The molecule has 2 fully saturated rings. The number of benzene rings is 3. The van der Waals surface area contributed by atoms with Crippen molar-refractivity contribution in [3.63, 3.8) is 0 Å². The molecule has 1 aromatic heterocycles. The molecule has 10 nitrogen and oxygen atoms in total. The fraction of sp³-hybridized carbons (Fsp3) is 0.378. The first-order valence-corrected chi connectivity index (χ1v) is 18.3. The number of sulfonamides is 1. The Bertz CT molecular complexity index is 1860. The van der Waals surface area contributed by atoms with Gasteiger partial charge in [0.25, 0.3) is 15.9 Å². The molecule has 2 saturated heterocycles. The summed E-state index contributed by atoms with van der Waals surface area (Å²) < 4.78 is 35.3. The number of hydrogen-bond acceptors (Lipinski definition) is 6. The SMILES string of the molecule is O=C(NS(=O)(=O)c1ccccc1)c1ccc(OCCn2cc(CCC(=O)N3CCCC3)c3ccc(CCC(=O)N4CCCC4)cc32)cc1. The number of fused-ring (bicyclic) bond motifs is 1. The molecule has 0 saturated carbocycles. The van der Waals surface area contributed by atoms with E-state index in [2.05, 4.69) is 33.7 Å². The minimum atomic E-state index is -3.98. The summed E-state index contributed by atoms with van der Waals surface area (Å²) in [5, 5.41) is 1.10. The number of aryl methyl sites for hydroxylation is 2. The highest BCUT2D eigenvalue weighted by atomic mass is 32.2. The summed E-state index contributed by atoms with van der Waals surface area (Å²) in [5.74, 6) is 0.228. The molecule has 0 atom stereocenters. The zero-order valence-electron chi connectivity index (χ0n) is 27.1. The van der Waals surface area contributed by atoms with Gasteiger partial charge in [0.2, 0.25) is 11.8 Å². The topological polar surface area (TPSA) is 118 Å². The van der Waals surface area contributed by atoms with Crippen LogP contribution >= 0.6 is 0 Å². The molecular formula is C37H42N4O6S. The van der Waals surface area contributed by atoms with Gasteiger partial charge in [0.15, 0.2) is 0 Å². The number of carbonyl (C=O) groups is 3. The number of nitrogens with one attached hydrogen (secondary N) is 1. The highest BCUT2D eigenvalue weighted by Gasteiger charge is 2.21. The summed E-state index contributed by atoms with van der Waals surface area (Å²) in [7, 11) is -3.98. The van der Waals surface area contributed by atoms with Crippen LogP contribution in [0.1, 0.15) is 60.0 Å². The van der Waals surface area contributed by atoms with Crippen molar-refractivity contribution in [2.75, 3.05) is 32.8 Å². The van der Waals surface area contributed by atoms with Crippen LogP contribution in [0.5, 0.6) is 5.75 Å². The molecule has 6 rings (SSSR count). The van der Waals surface area contributed by atoms with E-state index in [4.69, 9.17) is 4.74 Å². The Kier molecular flexibility index (Phi) is 10.4. The maximum absolute atomic E-state index is 12.8. The second-order valence-electron chi connectivity index (χ2n) is 12.5. The molecule has 3 heterocycles. The van der Waals surface area contributed by atoms with Gasteiger partial charge >= 0.3 is 0 Å². The van der Waals surface area contributed by atoms with Crippen molar-refractivity contribution in [3.8, 4) is 5.75 Å². The number of aromatic nitrogens is 1. The predicted octanol–water partition coefficient (Wildman–Crippen LogP) is 4.95. The first kappa shape index (κ1) is 33.3. The van der Waals surface area contributed by atoms with E-state index in [0.29, 0.717) is 44.6 Å². The predicted molar refractivity (Wildman–Crippen MR) is 183 cm³/mol. The van der Waals surface area contributed by atoms with E-state index in [1.165, 1.54) is 24.3 Å². The lowest BCUT2D eigenvalue weighted by atomic mass is 10.0. The third-order valence-electron chi connectivity index (χ3n) is 9.18. The van der Waals surface area contributed by atoms with E-state index < -0.39 is 15.9 Å². The summed E-state index contributed by atoms with van der Waals surface area (Å²) in [5.41, 5.74) is 3.44. The van der Waals surface area contributed by atoms with Crippen LogP contribution in [-0.2, 0) is 39.0 Å². The zero-order chi connectivity index (χ0) is 33.5. The third kappa shape index (κ3) is 8.07. The molecule has 4 aromatic rings. The molecule has 1 N–H and O–H groups in total. The van der Waals surface area contributed by atoms with E-state index in [1.54, 1.807) is 30.3 Å². The van der Waals surface area contributed by atoms with Gasteiger partial charge in [0.1, 0.15) is 12.4 Å². The van der Waals surface area contributed by atoms with Crippen molar-refractivity contribution in [2.45, 2.75) is 62.8 Å². The van der Waals surface area contributed by atoms with Crippen molar-refractivity contribution >= 4 is 38.6 Å². The molecule has 252 valence electrons. The Morgan fingerprint density at radius 3 is 2.02 bits per heavy atom. The lowest BCUT2D eigenvalue weighted by molar-refractivity contribution is -0.130. The van der Waals surface area contributed by atoms with Gasteiger partial charge in [-0.25, -0.2) is 13.1 Å². The van der Waals surface area contributed by atoms with Crippen molar-refractivity contribution in [1.29, 1.82) is 0 Å². The summed E-state index contributed by atoms with van der Waals surface area (Å²) in [6.45, 7) is 4.29. The van der Waals surface area contributed by atoms with E-state index in [0.717, 1.165) is 73.9 Å². The molecule has 2 aliphatic heterocycles. The summed E-state index contributed by atoms with van der Waals surface area (Å²) in [6.07, 6.45) is 8.67. The first-order valence-electron chi connectivity index (χ1n) is 16.8. The Labute approximate surface area is 281 Å². The smallest absolute Gasteiger partial charge is 0.265 e. The minimum Gasteiger partial charge on any atom is -0.492 e. The molecule has 3 amide bonds. The highest BCUT2D eigenvalue weighted by molar-refractivity contribution is 7.90. The maximum atomic E-state index is 12.8. The molecule has 0 unspecified atom stereocenters. The van der Waals surface area contributed by atoms with Crippen molar-refractivity contribution in [3.05, 3.63) is 95.7 Å². The van der Waals surface area contributed by atoms with Crippen molar-refractivity contribution < 1.29 is 27.5 Å². The standard InChI is InChI=1S/C37H42N4O6S/c42-35(39-20-4-5-21-39)18-11-28-10-17-33-30(14-19-36(43)40-22-6-7-23-40)27-41(34(33)26-28)24-25-47-31-15-12-29(13-16-31)37(44)38-48(45,46)32-8-2-1-3-9-32/h1-3,8-10,12-13,15-17,26-27H,4-7,11,14,18-25H2,(H,38,44). The van der Waals surface area contributed by atoms with Gasteiger partial charge in [-0.3, -0.25) is 14.4 Å². The average molecular weight is 671 g/mol. The third-order valence-corrected chi connectivity index (χ3v) is 10.5. The largest absolute Gasteiger partial charge is 0.492 e. The van der Waals surface area contributed by atoms with Crippen LogP contribution in [0.3, 0.4) is 0 Å². The summed E-state index contributed by atoms with van der Waals surface area (Å²) in [6, 6.07) is 20.4. The average Bonchev–Trinajstić information content (AvgIpc) is 3.89. The quantitative estimate of drug-likeness (QED) is 0.215. The van der Waals surface area contributed by atoms with E-state index in [-0.39, 0.29) is 22.3 Å². The van der Waals surface area contributed by atoms with Crippen LogP contribution in [0.15, 0.2) is 83.9 Å². The second kappa shape index (κ2) is 15.1. The van der Waals surface area contributed by atoms with E-state index in [1.807, 2.05) is 9.80 Å². The Balaban J connectivity index is 1.11. The normalized spacial score (nSPS) is 14.8. The van der Waals surface area contributed by atoms with Gasteiger partial charge in [-0.05, 0) is 92.1 Å². The zero-order valence-corrected chi connectivity index (χ0v) is 27.9. The maximum Gasteiger partial charge on any atom is 0.265 e. The molecule has 48 heavy (non-hydrogen) atoms. The van der Waals surface area contributed by atoms with Crippen LogP contribution in [0.2, 0.25) is 0 Å². The number of nitrogens with zero attached hydrogens (tertiary/aromatic N) is 3. The van der Waals surface area contributed by atoms with Crippen LogP contribution in [0, 0.1) is 0 Å². The van der Waals surface area contributed by atoms with Crippen molar-refractivity contribution in [1.82, 2.24) is 19.1 Å². The fourth-order valence-electron chi connectivity index (χ4n) is 6.50. The number of carbonyl (C=O) groups excluding carboxylic acids is 3. The Morgan fingerprint density at radius 1 is 0.750 bits per heavy atom. The summed E-state index contributed by atoms with van der Waals surface area (Å²) >= 11 is 0. The van der Waals surface area contributed by atoms with Crippen LogP contribution in [0.25, 0.3) is 10.9 Å². The molecule has 0 bridgehead atoms. The lowest BCUT2D eigenvalue weighted by Crippen LogP contribution is -2.30. The molecular weight excluding hydrogens is 628 g/mol. The van der Waals surface area contributed by atoms with Crippen LogP contribution in [-0.4, -0.2) is 73.3 Å². The van der Waals surface area contributed by atoms with Gasteiger partial charge in [-0.15, -0.1) is 0 Å². The number of hydrogen-bond donors (Lipinski definition) is 1. The molecule has 3 aromatic carbocycles. The Hall–Kier alpha value is -4.64. The number of likely N-dealkylation sites (tertiary alicyclic amines) is 2. The highest BCUT2D eigenvalue weighted by Crippen LogP contribution is 2.26. The lowest BCUT2D eigenvalue weighted by Gasteiger charge is -2.15. The van der Waals surface area contributed by atoms with Crippen molar-refractivity contribution in [2.24, 2.45) is 0 Å². The van der Waals surface area contributed by atoms with Gasteiger partial charge < -0.3 is 19.1 Å². The van der Waals surface area contributed by atoms with Gasteiger partial charge in [-0.2, -0.15) is 0 Å². The molecule has 0 radical (unpaired) electrons.